The molecular formula is C3H5B12. The summed E-state index contributed by atoms with van der Waals surface area (Å²) >= 11 is 0. The molecule has 12 heteroatoms. The fourth-order valence-corrected chi connectivity index (χ4v) is 1.02. The van der Waals surface area contributed by atoms with E-state index in [4.69, 9.17) is 15.5 Å². The van der Waals surface area contributed by atoms with Crippen LogP contribution in [0.5, 0.6) is 0 Å². The minimum Gasteiger partial charge on any atom is -0.104 e. The summed E-state index contributed by atoms with van der Waals surface area (Å²) in [6, 6.07) is 0. The van der Waals surface area contributed by atoms with Crippen LogP contribution >= 0.6 is 0 Å². The molecule has 0 atom stereocenters. The molecule has 0 rings (SSSR count). The molecular weight excluding hydrogens is 166 g/mol. The highest BCUT2D eigenvalue weighted by Gasteiger charge is 2.10. The van der Waals surface area contributed by atoms with Crippen molar-refractivity contribution in [3.8, 4) is 0 Å². The zero-order valence-corrected chi connectivity index (χ0v) is 8.92. The maximum Gasteiger partial charge on any atom is 0.0499 e. The van der Waals surface area contributed by atoms with E-state index in [2.05, 4.69) is 13.6 Å². The van der Waals surface area contributed by atoms with Gasteiger partial charge in [-0.25, -0.2) is 0 Å². The first-order chi connectivity index (χ1) is 7.35. The lowest BCUT2D eigenvalue weighted by atomic mass is 8.82. The van der Waals surface area contributed by atoms with Crippen molar-refractivity contribution in [3.63, 3.8) is 0 Å². The van der Waals surface area contributed by atoms with Crippen molar-refractivity contribution in [1.29, 1.82) is 0 Å². The minimum atomic E-state index is 0.321. The molecule has 0 aliphatic heterocycles. The zero-order valence-electron chi connectivity index (χ0n) is 8.92. The fraction of sp³-hybridized carbons (Fsp3) is 0.333. The molecule has 0 fully saturated rings. The fourth-order valence-electron chi connectivity index (χ4n) is 1.02. The Morgan fingerprint density at radius 3 is 2.20 bits per heavy atom. The number of rotatable bonds is 11. The summed E-state index contributed by atoms with van der Waals surface area (Å²) in [5.74, 6) is 0. The number of hydrogen-bond donors (Lipinski definition) is 0. The van der Waals surface area contributed by atoms with Crippen molar-refractivity contribution in [2.45, 2.75) is 6.32 Å². The van der Waals surface area contributed by atoms with E-state index in [9.17, 15) is 0 Å². The van der Waals surface area contributed by atoms with Gasteiger partial charge < -0.3 is 0 Å². The van der Waals surface area contributed by atoms with Crippen molar-refractivity contribution < 1.29 is 0 Å². The van der Waals surface area contributed by atoms with Crippen molar-refractivity contribution in [3.05, 3.63) is 12.7 Å². The van der Waals surface area contributed by atoms with Crippen LogP contribution in [0.25, 0.3) is 0 Å². The summed E-state index contributed by atoms with van der Waals surface area (Å²) in [4.78, 5) is 0. The third-order valence-electron chi connectivity index (χ3n) is 1.71. The van der Waals surface area contributed by atoms with E-state index in [-0.39, 0.29) is 0 Å². The lowest BCUT2D eigenvalue weighted by Gasteiger charge is -2.08. The van der Waals surface area contributed by atoms with E-state index in [1.54, 1.807) is 14.1 Å². The van der Waals surface area contributed by atoms with Gasteiger partial charge in [-0.1, -0.05) is 6.32 Å². The topological polar surface area (TPSA) is 0 Å². The molecule has 0 saturated heterocycles. The molecule has 0 nitrogen and oxygen atoms in total. The summed E-state index contributed by atoms with van der Waals surface area (Å²) in [7, 11) is 27.0. The van der Waals surface area contributed by atoms with Gasteiger partial charge in [0.15, 0.2) is 0 Å². The van der Waals surface area contributed by atoms with Gasteiger partial charge in [0.25, 0.3) is 0 Å². The van der Waals surface area contributed by atoms with Gasteiger partial charge in [-0.2, -0.15) is 0 Å². The Morgan fingerprint density at radius 1 is 0.933 bits per heavy atom. The molecule has 0 spiro atoms. The normalized spacial score (nSPS) is 7.73. The number of allylic oxidation sites excluding steroid dienone is 1. The quantitative estimate of drug-likeness (QED) is 0.172. The SMILES string of the molecule is [B][B][B][B][B][B][B][B]B([B][B][B])CC=C. The van der Waals surface area contributed by atoms with Gasteiger partial charge in [-0.15, -0.1) is 12.7 Å². The first-order valence-corrected chi connectivity index (χ1v) is 4.89. The smallest absolute Gasteiger partial charge is 0.0499 e. The predicted molar refractivity (Wildman–Crippen MR) is 84.1 cm³/mol. The molecule has 15 heavy (non-hydrogen) atoms. The van der Waals surface area contributed by atoms with E-state index < -0.39 is 0 Å². The Morgan fingerprint density at radius 2 is 1.60 bits per heavy atom. The van der Waals surface area contributed by atoms with Crippen LogP contribution in [0.2, 0.25) is 6.32 Å². The molecule has 0 aliphatic rings. The largest absolute Gasteiger partial charge is 0.104 e. The van der Waals surface area contributed by atoms with E-state index in [1.165, 1.54) is 7.06 Å². The second kappa shape index (κ2) is 12.6. The summed E-state index contributed by atoms with van der Waals surface area (Å²) < 4.78 is 0. The predicted octanol–water partition coefficient (Wildman–Crippen LogP) is -3.43. The van der Waals surface area contributed by atoms with Crippen LogP contribution in [-0.2, 0) is 0 Å². The molecule has 0 N–H and O–H groups in total. The van der Waals surface area contributed by atoms with Gasteiger partial charge in [-0.3, -0.25) is 0 Å². The van der Waals surface area contributed by atoms with Crippen LogP contribution in [0.3, 0.4) is 0 Å². The Labute approximate surface area is 105 Å². The summed E-state index contributed by atoms with van der Waals surface area (Å²) in [6.07, 6.45) is 2.77. The van der Waals surface area contributed by atoms with Crippen molar-refractivity contribution in [2.75, 3.05) is 0 Å². The molecule has 13 radical (unpaired) electrons. The third kappa shape index (κ3) is 10.8. The summed E-state index contributed by atoms with van der Waals surface area (Å²) in [5, 5.41) is 0. The Hall–Kier alpha value is 0.519. The highest BCUT2D eigenvalue weighted by atomic mass is 13.5. The molecule has 0 saturated carbocycles. The standard InChI is InChI=1S/C3H5B12/c1-2-3-15(13-7-5)14-12-11-10-9-8-6-4/h2H,1,3H2. The van der Waals surface area contributed by atoms with Crippen LogP contribution in [0.1, 0.15) is 0 Å². The maximum atomic E-state index is 5.33. The van der Waals surface area contributed by atoms with Crippen molar-refractivity contribution >= 4 is 85.5 Å². The maximum absolute atomic E-state index is 5.33. The molecule has 53 valence electrons. The molecule has 0 aromatic carbocycles. The second-order valence-corrected chi connectivity index (χ2v) is 2.92. The Kier molecular flexibility index (Phi) is 13.0. The van der Waals surface area contributed by atoms with E-state index >= 15 is 0 Å². The van der Waals surface area contributed by atoms with E-state index in [0.717, 1.165) is 6.32 Å². The van der Waals surface area contributed by atoms with Crippen molar-refractivity contribution in [2.24, 2.45) is 0 Å². The van der Waals surface area contributed by atoms with Crippen LogP contribution in [-0.4, -0.2) is 85.5 Å². The second-order valence-electron chi connectivity index (χ2n) is 2.92. The highest BCUT2D eigenvalue weighted by molar-refractivity contribution is 7.73. The molecule has 0 aliphatic carbocycles. The van der Waals surface area contributed by atoms with Crippen molar-refractivity contribution in [1.82, 2.24) is 0 Å². The lowest BCUT2D eigenvalue weighted by molar-refractivity contribution is 1.74. The van der Waals surface area contributed by atoms with Crippen LogP contribution in [0, 0.1) is 0 Å². The molecule has 0 unspecified atom stereocenters. The average molecular weight is 171 g/mol. The monoisotopic (exact) mass is 173 g/mol. The van der Waals surface area contributed by atoms with E-state index in [0.29, 0.717) is 6.49 Å². The summed E-state index contributed by atoms with van der Waals surface area (Å²) in [5.41, 5.74) is 0. The molecule has 0 bridgehead atoms. The molecule has 0 aromatic heterocycles. The van der Waals surface area contributed by atoms with Gasteiger partial charge in [0.05, 0.1) is 0 Å². The van der Waals surface area contributed by atoms with Crippen LogP contribution in [0.15, 0.2) is 12.7 Å². The van der Waals surface area contributed by atoms with Gasteiger partial charge in [-0.05, 0) is 0 Å². The average Bonchev–Trinajstić information content (AvgIpc) is 2.24. The van der Waals surface area contributed by atoms with E-state index in [1.807, 2.05) is 41.4 Å². The number of hydrogen-bond acceptors (Lipinski definition) is 0. The van der Waals surface area contributed by atoms with Gasteiger partial charge >= 0.3 is 0 Å². The first-order valence-electron chi connectivity index (χ1n) is 4.89. The van der Waals surface area contributed by atoms with Gasteiger partial charge in [0, 0.05) is 85.5 Å². The highest BCUT2D eigenvalue weighted by Crippen LogP contribution is 1.87. The molecule has 0 amide bonds. The molecule has 0 aromatic rings. The third-order valence-corrected chi connectivity index (χ3v) is 1.71. The van der Waals surface area contributed by atoms with Crippen LogP contribution < -0.4 is 0 Å². The lowest BCUT2D eigenvalue weighted by Crippen LogP contribution is -2.40. The molecule has 0 heterocycles. The van der Waals surface area contributed by atoms with Crippen LogP contribution in [0.4, 0.5) is 0 Å². The van der Waals surface area contributed by atoms with Gasteiger partial charge in [0.2, 0.25) is 0 Å². The zero-order chi connectivity index (χ0) is 11.4. The minimum absolute atomic E-state index is 0.321. The Bertz CT molecular complexity index is 137. The van der Waals surface area contributed by atoms with Gasteiger partial charge in [0.1, 0.15) is 0 Å². The first kappa shape index (κ1) is 15.5. The summed E-state index contributed by atoms with van der Waals surface area (Å²) in [6.45, 7) is 4.02. The Balaban J connectivity index is 3.32.